The highest BCUT2D eigenvalue weighted by atomic mass is 16.6. The van der Waals surface area contributed by atoms with Crippen LogP contribution in [0.4, 0.5) is 0 Å². The van der Waals surface area contributed by atoms with E-state index in [1.54, 1.807) is 0 Å². The second kappa shape index (κ2) is 2.49. The largest absolute Gasteiger partial charge is 0.368 e. The van der Waals surface area contributed by atoms with Crippen LogP contribution in [0.15, 0.2) is 25.3 Å². The molecular formula is C10H14O. The van der Waals surface area contributed by atoms with Crippen LogP contribution in [-0.4, -0.2) is 12.2 Å². The van der Waals surface area contributed by atoms with Gasteiger partial charge in [-0.05, 0) is 12.8 Å². The summed E-state index contributed by atoms with van der Waals surface area (Å²) < 4.78 is 5.54. The van der Waals surface area contributed by atoms with Crippen LogP contribution in [0.5, 0.6) is 0 Å². The summed E-state index contributed by atoms with van der Waals surface area (Å²) in [6, 6.07) is 0. The Morgan fingerprint density at radius 3 is 1.82 bits per heavy atom. The molecule has 60 valence electrons. The number of hydrogen-bond acceptors (Lipinski definition) is 1. The van der Waals surface area contributed by atoms with Gasteiger partial charge in [0.05, 0.1) is 12.2 Å². The van der Waals surface area contributed by atoms with Crippen molar-refractivity contribution in [2.45, 2.75) is 25.0 Å². The van der Waals surface area contributed by atoms with E-state index in [4.69, 9.17) is 4.74 Å². The Morgan fingerprint density at radius 2 is 1.45 bits per heavy atom. The molecule has 2 aliphatic rings. The first-order valence-electron chi connectivity index (χ1n) is 4.27. The lowest BCUT2D eigenvalue weighted by Gasteiger charge is -2.19. The third kappa shape index (κ3) is 1.04. The third-order valence-corrected chi connectivity index (χ3v) is 2.84. The SMILES string of the molecule is C=CC1CCC(C=C)C2OC12. The van der Waals surface area contributed by atoms with Gasteiger partial charge in [0.2, 0.25) is 0 Å². The molecule has 0 amide bonds. The second-order valence-corrected chi connectivity index (χ2v) is 3.44. The van der Waals surface area contributed by atoms with E-state index in [1.165, 1.54) is 12.8 Å². The first-order chi connectivity index (χ1) is 5.36. The molecule has 1 saturated heterocycles. The Balaban J connectivity index is 2.01. The molecule has 4 atom stereocenters. The Kier molecular flexibility index (Phi) is 1.61. The van der Waals surface area contributed by atoms with Gasteiger partial charge in [-0.15, -0.1) is 13.2 Å². The number of fused-ring (bicyclic) bond motifs is 1. The number of epoxide rings is 1. The monoisotopic (exact) mass is 150 g/mol. The van der Waals surface area contributed by atoms with Crippen molar-refractivity contribution in [2.24, 2.45) is 11.8 Å². The highest BCUT2D eigenvalue weighted by Gasteiger charge is 2.50. The first-order valence-corrected chi connectivity index (χ1v) is 4.27. The van der Waals surface area contributed by atoms with Gasteiger partial charge >= 0.3 is 0 Å². The van der Waals surface area contributed by atoms with Crippen molar-refractivity contribution in [1.82, 2.24) is 0 Å². The maximum absolute atomic E-state index is 5.54. The normalized spacial score (nSPS) is 47.6. The van der Waals surface area contributed by atoms with E-state index in [2.05, 4.69) is 13.2 Å². The van der Waals surface area contributed by atoms with E-state index >= 15 is 0 Å². The fraction of sp³-hybridized carbons (Fsp3) is 0.600. The highest BCUT2D eigenvalue weighted by Crippen LogP contribution is 2.44. The summed E-state index contributed by atoms with van der Waals surface area (Å²) >= 11 is 0. The molecule has 0 aromatic heterocycles. The molecule has 0 N–H and O–H groups in total. The van der Waals surface area contributed by atoms with Crippen molar-refractivity contribution < 1.29 is 4.74 Å². The molecule has 1 nitrogen and oxygen atoms in total. The molecule has 11 heavy (non-hydrogen) atoms. The zero-order valence-corrected chi connectivity index (χ0v) is 6.70. The maximum Gasteiger partial charge on any atom is 0.0910 e. The third-order valence-electron chi connectivity index (χ3n) is 2.84. The van der Waals surface area contributed by atoms with Gasteiger partial charge in [-0.25, -0.2) is 0 Å². The molecule has 0 spiro atoms. The number of hydrogen-bond donors (Lipinski definition) is 0. The van der Waals surface area contributed by atoms with Crippen LogP contribution >= 0.6 is 0 Å². The van der Waals surface area contributed by atoms with Crippen LogP contribution in [-0.2, 0) is 4.74 Å². The van der Waals surface area contributed by atoms with Crippen LogP contribution in [0.1, 0.15) is 12.8 Å². The topological polar surface area (TPSA) is 12.5 Å². The van der Waals surface area contributed by atoms with Gasteiger partial charge in [-0.2, -0.15) is 0 Å². The van der Waals surface area contributed by atoms with Gasteiger partial charge in [0, 0.05) is 11.8 Å². The Bertz CT molecular complexity index is 165. The molecule has 0 aromatic carbocycles. The Labute approximate surface area is 67.7 Å². The van der Waals surface area contributed by atoms with Gasteiger partial charge in [0.25, 0.3) is 0 Å². The van der Waals surface area contributed by atoms with Crippen molar-refractivity contribution in [3.63, 3.8) is 0 Å². The smallest absolute Gasteiger partial charge is 0.0910 e. The summed E-state index contributed by atoms with van der Waals surface area (Å²) in [5.74, 6) is 1.22. The maximum atomic E-state index is 5.54. The van der Waals surface area contributed by atoms with Gasteiger partial charge in [-0.1, -0.05) is 12.2 Å². The minimum atomic E-state index is 0.476. The van der Waals surface area contributed by atoms with Gasteiger partial charge < -0.3 is 4.74 Å². The van der Waals surface area contributed by atoms with E-state index in [-0.39, 0.29) is 0 Å². The summed E-state index contributed by atoms with van der Waals surface area (Å²) in [5.41, 5.74) is 0. The van der Waals surface area contributed by atoms with E-state index in [0.717, 1.165) is 0 Å². The Hall–Kier alpha value is -0.560. The molecule has 1 aliphatic carbocycles. The molecule has 4 unspecified atom stereocenters. The van der Waals surface area contributed by atoms with Crippen LogP contribution in [0.25, 0.3) is 0 Å². The average molecular weight is 150 g/mol. The summed E-state index contributed by atoms with van der Waals surface area (Å²) in [7, 11) is 0. The average Bonchev–Trinajstić information content (AvgIpc) is 2.81. The summed E-state index contributed by atoms with van der Waals surface area (Å²) in [5, 5.41) is 0. The molecule has 1 heterocycles. The predicted molar refractivity (Wildman–Crippen MR) is 45.3 cm³/mol. The number of rotatable bonds is 2. The van der Waals surface area contributed by atoms with Gasteiger partial charge in [-0.3, -0.25) is 0 Å². The zero-order valence-electron chi connectivity index (χ0n) is 6.70. The van der Waals surface area contributed by atoms with Crippen molar-refractivity contribution in [2.75, 3.05) is 0 Å². The molecule has 2 rings (SSSR count). The highest BCUT2D eigenvalue weighted by molar-refractivity contribution is 5.08. The standard InChI is InChI=1S/C10H14O/c1-3-7-5-6-8(4-2)10-9(7)11-10/h3-4,7-10H,1-2,5-6H2. The summed E-state index contributed by atoms with van der Waals surface area (Å²) in [6.07, 6.45) is 7.46. The molecule has 0 radical (unpaired) electrons. The summed E-state index contributed by atoms with van der Waals surface area (Å²) in [4.78, 5) is 0. The quantitative estimate of drug-likeness (QED) is 0.434. The molecule has 1 saturated carbocycles. The Morgan fingerprint density at radius 1 is 1.00 bits per heavy atom. The van der Waals surface area contributed by atoms with E-state index in [1.807, 2.05) is 12.2 Å². The van der Waals surface area contributed by atoms with Crippen LogP contribution in [0.2, 0.25) is 0 Å². The van der Waals surface area contributed by atoms with Crippen LogP contribution in [0.3, 0.4) is 0 Å². The minimum Gasteiger partial charge on any atom is -0.368 e. The molecule has 0 bridgehead atoms. The van der Waals surface area contributed by atoms with Crippen LogP contribution < -0.4 is 0 Å². The molecule has 0 aromatic rings. The van der Waals surface area contributed by atoms with Crippen molar-refractivity contribution in [3.05, 3.63) is 25.3 Å². The lowest BCUT2D eigenvalue weighted by atomic mass is 9.82. The fourth-order valence-corrected chi connectivity index (χ4v) is 2.04. The molecule has 2 fully saturated rings. The number of ether oxygens (including phenoxy) is 1. The van der Waals surface area contributed by atoms with E-state index in [0.29, 0.717) is 24.0 Å². The predicted octanol–water partition coefficient (Wildman–Crippen LogP) is 2.15. The van der Waals surface area contributed by atoms with Crippen LogP contribution in [0, 0.1) is 11.8 Å². The van der Waals surface area contributed by atoms with Gasteiger partial charge in [0.1, 0.15) is 0 Å². The lowest BCUT2D eigenvalue weighted by Crippen LogP contribution is -2.20. The minimum absolute atomic E-state index is 0.476. The fourth-order valence-electron chi connectivity index (χ4n) is 2.04. The van der Waals surface area contributed by atoms with Crippen molar-refractivity contribution in [3.8, 4) is 0 Å². The first kappa shape index (κ1) is 7.11. The molecular weight excluding hydrogens is 136 g/mol. The summed E-state index contributed by atoms with van der Waals surface area (Å²) in [6.45, 7) is 7.61. The van der Waals surface area contributed by atoms with E-state index < -0.39 is 0 Å². The molecule has 1 heteroatoms. The lowest BCUT2D eigenvalue weighted by molar-refractivity contribution is 0.343. The van der Waals surface area contributed by atoms with Crippen molar-refractivity contribution in [1.29, 1.82) is 0 Å². The van der Waals surface area contributed by atoms with Crippen molar-refractivity contribution >= 4 is 0 Å². The molecule has 1 aliphatic heterocycles. The van der Waals surface area contributed by atoms with E-state index in [9.17, 15) is 0 Å². The second-order valence-electron chi connectivity index (χ2n) is 3.44. The van der Waals surface area contributed by atoms with Gasteiger partial charge in [0.15, 0.2) is 0 Å². The zero-order chi connectivity index (χ0) is 7.84.